The van der Waals surface area contributed by atoms with Crippen molar-refractivity contribution in [3.63, 3.8) is 0 Å². The molecule has 4 rings (SSSR count). The lowest BCUT2D eigenvalue weighted by Crippen LogP contribution is -2.17. The van der Waals surface area contributed by atoms with E-state index >= 15 is 0 Å². The van der Waals surface area contributed by atoms with Crippen LogP contribution >= 0.6 is 0 Å². The summed E-state index contributed by atoms with van der Waals surface area (Å²) in [5.41, 5.74) is 7.91. The van der Waals surface area contributed by atoms with Crippen molar-refractivity contribution >= 4 is 29.0 Å². The molecule has 150 valence electrons. The molecule has 0 saturated heterocycles. The van der Waals surface area contributed by atoms with Crippen LogP contribution in [-0.4, -0.2) is 24.1 Å². The third-order valence-corrected chi connectivity index (χ3v) is 4.49. The maximum absolute atomic E-state index is 6.01. The smallest absolute Gasteiger partial charge is 0.223 e. The molecule has 3 aromatic carbocycles. The predicted octanol–water partition coefficient (Wildman–Crippen LogP) is 5.39. The first-order valence-corrected chi connectivity index (χ1v) is 9.60. The highest BCUT2D eigenvalue weighted by molar-refractivity contribution is 5.76. The van der Waals surface area contributed by atoms with Gasteiger partial charge in [0.15, 0.2) is 0 Å². The molecule has 0 aliphatic carbocycles. The monoisotopic (exact) mass is 397 g/mol. The number of hydrogen-bond acceptors (Lipinski definition) is 6. The molecule has 0 saturated carbocycles. The molecule has 1 aromatic heterocycles. The van der Waals surface area contributed by atoms with Gasteiger partial charge in [0, 0.05) is 31.5 Å². The molecular formula is C24H23N5O. The predicted molar refractivity (Wildman–Crippen MR) is 122 cm³/mol. The number of ether oxygens (including phenoxy) is 1. The first kappa shape index (κ1) is 19.3. The van der Waals surface area contributed by atoms with Crippen LogP contribution in [0.15, 0.2) is 91.0 Å². The van der Waals surface area contributed by atoms with Gasteiger partial charge in [-0.05, 0) is 48.5 Å². The number of para-hydroxylation sites is 2. The number of hydrogen-bond donors (Lipinski definition) is 1. The molecule has 0 aliphatic heterocycles. The zero-order valence-corrected chi connectivity index (χ0v) is 16.9. The second kappa shape index (κ2) is 8.53. The number of anilines is 5. The highest BCUT2D eigenvalue weighted by atomic mass is 16.5. The molecule has 6 heteroatoms. The van der Waals surface area contributed by atoms with Crippen LogP contribution in [0.5, 0.6) is 11.5 Å². The van der Waals surface area contributed by atoms with E-state index in [-0.39, 0.29) is 5.95 Å². The Balaban J connectivity index is 1.72. The summed E-state index contributed by atoms with van der Waals surface area (Å²) in [6, 6.07) is 29.5. The van der Waals surface area contributed by atoms with Crippen molar-refractivity contribution in [1.29, 1.82) is 0 Å². The Morgan fingerprint density at radius 3 is 1.83 bits per heavy atom. The number of nitrogen functional groups attached to an aromatic ring is 1. The van der Waals surface area contributed by atoms with Gasteiger partial charge in [0.2, 0.25) is 5.95 Å². The fraction of sp³-hybridized carbons (Fsp3) is 0.0833. The Morgan fingerprint density at radius 1 is 0.667 bits per heavy atom. The third-order valence-electron chi connectivity index (χ3n) is 4.49. The highest BCUT2D eigenvalue weighted by Gasteiger charge is 2.16. The van der Waals surface area contributed by atoms with Gasteiger partial charge in [0.25, 0.3) is 0 Å². The average molecular weight is 397 g/mol. The fourth-order valence-electron chi connectivity index (χ4n) is 3.06. The van der Waals surface area contributed by atoms with Gasteiger partial charge in [-0.15, -0.1) is 0 Å². The SMILES string of the molecule is CN(C)c1cc(N(c2ccccc2)c2ccc(Oc3ccccc3)cc2)nc(N)n1. The topological polar surface area (TPSA) is 67.5 Å². The lowest BCUT2D eigenvalue weighted by molar-refractivity contribution is 0.483. The number of aromatic nitrogens is 2. The normalized spacial score (nSPS) is 10.5. The van der Waals surface area contributed by atoms with Crippen molar-refractivity contribution in [3.8, 4) is 11.5 Å². The molecule has 0 atom stereocenters. The minimum atomic E-state index is 0.223. The van der Waals surface area contributed by atoms with Crippen LogP contribution in [0.25, 0.3) is 0 Å². The Bertz CT molecular complexity index is 1100. The number of benzene rings is 3. The van der Waals surface area contributed by atoms with Crippen molar-refractivity contribution in [1.82, 2.24) is 9.97 Å². The number of rotatable bonds is 6. The Hall–Kier alpha value is -4.06. The third kappa shape index (κ3) is 4.33. The summed E-state index contributed by atoms with van der Waals surface area (Å²) in [5.74, 6) is 3.20. The van der Waals surface area contributed by atoms with Gasteiger partial charge in [-0.3, -0.25) is 4.90 Å². The van der Waals surface area contributed by atoms with Crippen molar-refractivity contribution in [3.05, 3.63) is 91.0 Å². The summed E-state index contributed by atoms with van der Waals surface area (Å²) in [6.45, 7) is 0. The summed E-state index contributed by atoms with van der Waals surface area (Å²) in [6.07, 6.45) is 0. The quantitative estimate of drug-likeness (QED) is 0.471. The van der Waals surface area contributed by atoms with E-state index in [2.05, 4.69) is 9.97 Å². The minimum Gasteiger partial charge on any atom is -0.457 e. The van der Waals surface area contributed by atoms with E-state index in [1.165, 1.54) is 0 Å². The zero-order valence-electron chi connectivity index (χ0n) is 16.9. The summed E-state index contributed by atoms with van der Waals surface area (Å²) in [7, 11) is 3.85. The molecule has 0 bridgehead atoms. The number of nitrogens with two attached hydrogens (primary N) is 1. The van der Waals surface area contributed by atoms with Gasteiger partial charge in [-0.1, -0.05) is 36.4 Å². The van der Waals surface area contributed by atoms with Crippen LogP contribution in [-0.2, 0) is 0 Å². The summed E-state index contributed by atoms with van der Waals surface area (Å²) < 4.78 is 5.92. The van der Waals surface area contributed by atoms with Crippen LogP contribution in [0.4, 0.5) is 29.0 Å². The van der Waals surface area contributed by atoms with Gasteiger partial charge in [-0.2, -0.15) is 9.97 Å². The van der Waals surface area contributed by atoms with Crippen molar-refractivity contribution in [2.24, 2.45) is 0 Å². The Morgan fingerprint density at radius 2 is 1.20 bits per heavy atom. The number of nitrogens with zero attached hydrogens (tertiary/aromatic N) is 4. The molecule has 4 aromatic rings. The van der Waals surface area contributed by atoms with E-state index in [1.54, 1.807) is 0 Å². The first-order chi connectivity index (χ1) is 14.6. The Labute approximate surface area is 176 Å². The molecule has 0 aliphatic rings. The van der Waals surface area contributed by atoms with Crippen molar-refractivity contribution in [2.45, 2.75) is 0 Å². The summed E-state index contributed by atoms with van der Waals surface area (Å²) >= 11 is 0. The zero-order chi connectivity index (χ0) is 20.9. The fourth-order valence-corrected chi connectivity index (χ4v) is 3.06. The van der Waals surface area contributed by atoms with Gasteiger partial charge in [0.1, 0.15) is 23.1 Å². The second-order valence-electron chi connectivity index (χ2n) is 6.92. The molecule has 30 heavy (non-hydrogen) atoms. The summed E-state index contributed by atoms with van der Waals surface area (Å²) in [5, 5.41) is 0. The molecule has 0 unspecified atom stereocenters. The summed E-state index contributed by atoms with van der Waals surface area (Å²) in [4.78, 5) is 12.7. The van der Waals surface area contributed by atoms with Crippen LogP contribution in [0.1, 0.15) is 0 Å². The molecule has 1 heterocycles. The largest absolute Gasteiger partial charge is 0.457 e. The standard InChI is InChI=1S/C24H23N5O/c1-28(2)22-17-23(27-24(25)26-22)29(18-9-5-3-6-10-18)19-13-15-21(16-14-19)30-20-11-7-4-8-12-20/h3-17H,1-2H3,(H2,25,26,27). The van der Waals surface area contributed by atoms with E-state index in [1.807, 2.05) is 115 Å². The molecule has 0 amide bonds. The molecule has 0 fully saturated rings. The lowest BCUT2D eigenvalue weighted by Gasteiger charge is -2.25. The van der Waals surface area contributed by atoms with Gasteiger partial charge < -0.3 is 15.4 Å². The van der Waals surface area contributed by atoms with Gasteiger partial charge >= 0.3 is 0 Å². The van der Waals surface area contributed by atoms with E-state index in [0.717, 1.165) is 28.7 Å². The second-order valence-corrected chi connectivity index (χ2v) is 6.92. The average Bonchev–Trinajstić information content (AvgIpc) is 2.76. The van der Waals surface area contributed by atoms with Crippen molar-refractivity contribution in [2.75, 3.05) is 29.6 Å². The van der Waals surface area contributed by atoms with E-state index in [4.69, 9.17) is 10.5 Å². The van der Waals surface area contributed by atoms with Gasteiger partial charge in [-0.25, -0.2) is 0 Å². The maximum atomic E-state index is 6.01. The minimum absolute atomic E-state index is 0.223. The van der Waals surface area contributed by atoms with E-state index in [0.29, 0.717) is 5.82 Å². The highest BCUT2D eigenvalue weighted by Crippen LogP contribution is 2.35. The Kier molecular flexibility index (Phi) is 5.48. The van der Waals surface area contributed by atoms with Crippen LogP contribution in [0, 0.1) is 0 Å². The molecule has 6 nitrogen and oxygen atoms in total. The van der Waals surface area contributed by atoms with Crippen LogP contribution in [0.2, 0.25) is 0 Å². The molecule has 0 radical (unpaired) electrons. The molecule has 2 N–H and O–H groups in total. The van der Waals surface area contributed by atoms with Crippen molar-refractivity contribution < 1.29 is 4.74 Å². The van der Waals surface area contributed by atoms with Gasteiger partial charge in [0.05, 0.1) is 0 Å². The molecular weight excluding hydrogens is 374 g/mol. The van der Waals surface area contributed by atoms with Crippen LogP contribution < -0.4 is 20.3 Å². The maximum Gasteiger partial charge on any atom is 0.223 e. The first-order valence-electron chi connectivity index (χ1n) is 9.60. The molecule has 0 spiro atoms. The lowest BCUT2D eigenvalue weighted by atomic mass is 10.2. The van der Waals surface area contributed by atoms with E-state index < -0.39 is 0 Å². The van der Waals surface area contributed by atoms with Crippen LogP contribution in [0.3, 0.4) is 0 Å². The van der Waals surface area contributed by atoms with E-state index in [9.17, 15) is 0 Å².